The summed E-state index contributed by atoms with van der Waals surface area (Å²) in [7, 11) is 0. The number of carbonyl (C=O) groups excluding carboxylic acids is 1. The number of carbonyl (C=O) groups is 1. The van der Waals surface area contributed by atoms with Crippen LogP contribution in [0.2, 0.25) is 0 Å². The van der Waals surface area contributed by atoms with Crippen molar-refractivity contribution in [3.8, 4) is 0 Å². The molecule has 0 aliphatic rings. The number of aliphatic hydroxyl groups is 1. The first-order valence-electron chi connectivity index (χ1n) is 7.83. The average molecular weight is 352 g/mol. The van der Waals surface area contributed by atoms with Gasteiger partial charge in [0.05, 0.1) is 6.42 Å². The molecule has 0 bridgehead atoms. The molecule has 0 saturated carbocycles. The number of alkyl halides is 3. The summed E-state index contributed by atoms with van der Waals surface area (Å²) in [5.41, 5.74) is -1.24. The highest BCUT2D eigenvalue weighted by molar-refractivity contribution is 5.79. The van der Waals surface area contributed by atoms with Crippen molar-refractivity contribution in [1.82, 2.24) is 0 Å². The summed E-state index contributed by atoms with van der Waals surface area (Å²) in [6, 6.07) is 17.3. The lowest BCUT2D eigenvalue weighted by Gasteiger charge is -2.27. The van der Waals surface area contributed by atoms with Gasteiger partial charge in [-0.15, -0.1) is 0 Å². The van der Waals surface area contributed by atoms with E-state index in [0.717, 1.165) is 5.56 Å². The molecular formula is C19H19F3O3. The third kappa shape index (κ3) is 6.23. The van der Waals surface area contributed by atoms with Gasteiger partial charge < -0.3 is 9.84 Å². The number of hydrogen-bond donors (Lipinski definition) is 1. The summed E-state index contributed by atoms with van der Waals surface area (Å²) in [4.78, 5) is 12.2. The average Bonchev–Trinajstić information content (AvgIpc) is 2.58. The second-order valence-electron chi connectivity index (χ2n) is 5.87. The Morgan fingerprint density at radius 1 is 0.920 bits per heavy atom. The van der Waals surface area contributed by atoms with E-state index in [0.29, 0.717) is 5.56 Å². The molecule has 2 aromatic rings. The molecule has 1 unspecified atom stereocenters. The van der Waals surface area contributed by atoms with Crippen molar-refractivity contribution in [3.63, 3.8) is 0 Å². The van der Waals surface area contributed by atoms with Crippen LogP contribution in [0.1, 0.15) is 24.0 Å². The second-order valence-corrected chi connectivity index (χ2v) is 5.87. The molecule has 0 heterocycles. The number of benzene rings is 2. The second kappa shape index (κ2) is 8.16. The van der Waals surface area contributed by atoms with Gasteiger partial charge in [-0.25, -0.2) is 4.79 Å². The summed E-state index contributed by atoms with van der Waals surface area (Å²) in [5.74, 6) is -1.26. The quantitative estimate of drug-likeness (QED) is 0.765. The summed E-state index contributed by atoms with van der Waals surface area (Å²) < 4.78 is 43.4. The van der Waals surface area contributed by atoms with Crippen LogP contribution in [0.4, 0.5) is 13.2 Å². The van der Waals surface area contributed by atoms with E-state index in [9.17, 15) is 23.1 Å². The van der Waals surface area contributed by atoms with Crippen LogP contribution >= 0.6 is 0 Å². The fraction of sp³-hybridized carbons (Fsp3) is 0.316. The van der Waals surface area contributed by atoms with Crippen LogP contribution in [0, 0.1) is 0 Å². The molecule has 134 valence electrons. The molecule has 6 heteroatoms. The van der Waals surface area contributed by atoms with Gasteiger partial charge in [0.15, 0.2) is 5.60 Å². The van der Waals surface area contributed by atoms with E-state index in [-0.39, 0.29) is 19.4 Å². The largest absolute Gasteiger partial charge is 0.459 e. The fourth-order valence-electron chi connectivity index (χ4n) is 2.45. The maximum Gasteiger partial charge on any atom is 0.392 e. The number of rotatable bonds is 7. The zero-order valence-corrected chi connectivity index (χ0v) is 13.5. The van der Waals surface area contributed by atoms with Crippen LogP contribution in [0.3, 0.4) is 0 Å². The van der Waals surface area contributed by atoms with E-state index in [1.54, 1.807) is 60.7 Å². The maximum atomic E-state index is 12.8. The topological polar surface area (TPSA) is 46.5 Å². The molecule has 2 rings (SSSR count). The normalized spacial score (nSPS) is 13.9. The highest BCUT2D eigenvalue weighted by Gasteiger charge is 2.47. The molecule has 2 aromatic carbocycles. The number of aryl methyl sites for hydroxylation is 1. The number of hydrogen-bond acceptors (Lipinski definition) is 3. The Bertz CT molecular complexity index is 671. The molecule has 3 nitrogen and oxygen atoms in total. The predicted molar refractivity (Wildman–Crippen MR) is 86.6 cm³/mol. The molecule has 0 spiro atoms. The van der Waals surface area contributed by atoms with Gasteiger partial charge in [-0.2, -0.15) is 13.2 Å². The predicted octanol–water partition coefficient (Wildman–Crippen LogP) is 4.05. The molecule has 0 amide bonds. The first kappa shape index (κ1) is 19.0. The SMILES string of the molecule is O=C(OCc1ccccc1)C(O)(CCc1ccccc1)CC(F)(F)F. The van der Waals surface area contributed by atoms with Gasteiger partial charge in [0.25, 0.3) is 0 Å². The van der Waals surface area contributed by atoms with Crippen LogP contribution in [0.5, 0.6) is 0 Å². The Kier molecular flexibility index (Phi) is 6.20. The van der Waals surface area contributed by atoms with E-state index >= 15 is 0 Å². The molecular weight excluding hydrogens is 333 g/mol. The molecule has 0 radical (unpaired) electrons. The summed E-state index contributed by atoms with van der Waals surface area (Å²) in [6.45, 7) is -0.189. The molecule has 25 heavy (non-hydrogen) atoms. The van der Waals surface area contributed by atoms with E-state index in [2.05, 4.69) is 0 Å². The highest BCUT2D eigenvalue weighted by atomic mass is 19.4. The Balaban J connectivity index is 2.06. The first-order chi connectivity index (χ1) is 11.8. The van der Waals surface area contributed by atoms with Gasteiger partial charge in [-0.3, -0.25) is 0 Å². The summed E-state index contributed by atoms with van der Waals surface area (Å²) in [5, 5.41) is 10.4. The lowest BCUT2D eigenvalue weighted by molar-refractivity contribution is -0.200. The van der Waals surface area contributed by atoms with Gasteiger partial charge >= 0.3 is 12.1 Å². The van der Waals surface area contributed by atoms with Crippen molar-refractivity contribution < 1.29 is 27.8 Å². The summed E-state index contributed by atoms with van der Waals surface area (Å²) in [6.07, 6.45) is -6.56. The van der Waals surface area contributed by atoms with Crippen molar-refractivity contribution >= 4 is 5.97 Å². The van der Waals surface area contributed by atoms with Gasteiger partial charge in [0, 0.05) is 0 Å². The van der Waals surface area contributed by atoms with Gasteiger partial charge in [-0.1, -0.05) is 60.7 Å². The monoisotopic (exact) mass is 352 g/mol. The lowest BCUT2D eigenvalue weighted by Crippen LogP contribution is -2.44. The van der Waals surface area contributed by atoms with E-state index < -0.39 is 24.2 Å². The molecule has 0 aliphatic carbocycles. The van der Waals surface area contributed by atoms with E-state index in [1.807, 2.05) is 0 Å². The number of esters is 1. The lowest BCUT2D eigenvalue weighted by atomic mass is 9.91. The standard InChI is InChI=1S/C19H19F3O3/c20-19(21,22)14-18(24,12-11-15-7-3-1-4-8-15)17(23)25-13-16-9-5-2-6-10-16/h1-10,24H,11-14H2. The highest BCUT2D eigenvalue weighted by Crippen LogP contribution is 2.32. The number of halogens is 3. The minimum Gasteiger partial charge on any atom is -0.459 e. The Morgan fingerprint density at radius 3 is 1.96 bits per heavy atom. The number of ether oxygens (including phenoxy) is 1. The first-order valence-corrected chi connectivity index (χ1v) is 7.83. The third-order valence-corrected chi connectivity index (χ3v) is 3.76. The van der Waals surface area contributed by atoms with Gasteiger partial charge in [0.2, 0.25) is 0 Å². The minimum atomic E-state index is -4.68. The van der Waals surface area contributed by atoms with Crippen LogP contribution < -0.4 is 0 Å². The maximum absolute atomic E-state index is 12.8. The molecule has 0 saturated heterocycles. The van der Waals surface area contributed by atoms with E-state index in [1.165, 1.54) is 0 Å². The van der Waals surface area contributed by atoms with E-state index in [4.69, 9.17) is 4.74 Å². The fourth-order valence-corrected chi connectivity index (χ4v) is 2.45. The van der Waals surface area contributed by atoms with Crippen molar-refractivity contribution in [2.45, 2.75) is 37.6 Å². The molecule has 0 fully saturated rings. The smallest absolute Gasteiger partial charge is 0.392 e. The Hall–Kier alpha value is -2.34. The van der Waals surface area contributed by atoms with Crippen molar-refractivity contribution in [2.75, 3.05) is 0 Å². The molecule has 1 N–H and O–H groups in total. The Morgan fingerprint density at radius 2 is 1.44 bits per heavy atom. The van der Waals surface area contributed by atoms with Gasteiger partial charge in [-0.05, 0) is 24.0 Å². The van der Waals surface area contributed by atoms with Crippen LogP contribution in [-0.4, -0.2) is 22.9 Å². The van der Waals surface area contributed by atoms with Crippen LogP contribution in [0.15, 0.2) is 60.7 Å². The summed E-state index contributed by atoms with van der Waals surface area (Å²) >= 11 is 0. The van der Waals surface area contributed by atoms with Crippen molar-refractivity contribution in [3.05, 3.63) is 71.8 Å². The third-order valence-electron chi connectivity index (χ3n) is 3.76. The minimum absolute atomic E-state index is 0.133. The molecule has 1 atom stereocenters. The van der Waals surface area contributed by atoms with Crippen molar-refractivity contribution in [2.24, 2.45) is 0 Å². The van der Waals surface area contributed by atoms with Gasteiger partial charge in [0.1, 0.15) is 6.61 Å². The van der Waals surface area contributed by atoms with Crippen LogP contribution in [0.25, 0.3) is 0 Å². The molecule has 0 aliphatic heterocycles. The zero-order chi connectivity index (χ0) is 18.3. The molecule has 0 aromatic heterocycles. The van der Waals surface area contributed by atoms with Crippen LogP contribution in [-0.2, 0) is 22.6 Å². The van der Waals surface area contributed by atoms with Crippen molar-refractivity contribution in [1.29, 1.82) is 0 Å². The zero-order valence-electron chi connectivity index (χ0n) is 13.5. The Labute approximate surface area is 144 Å².